The lowest BCUT2D eigenvalue weighted by atomic mass is 10.3. The van der Waals surface area contributed by atoms with E-state index in [0.717, 1.165) is 0 Å². The van der Waals surface area contributed by atoms with Gasteiger partial charge in [-0.15, -0.1) is 0 Å². The van der Waals surface area contributed by atoms with Gasteiger partial charge in [0.15, 0.2) is 5.82 Å². The van der Waals surface area contributed by atoms with Crippen molar-refractivity contribution in [1.29, 1.82) is 0 Å². The molecule has 1 heterocycles. The van der Waals surface area contributed by atoms with Gasteiger partial charge in [0, 0.05) is 12.4 Å². The summed E-state index contributed by atoms with van der Waals surface area (Å²) in [6, 6.07) is 0. The fourth-order valence-electron chi connectivity index (χ4n) is 0.554. The number of aromatic carboxylic acids is 1. The van der Waals surface area contributed by atoms with Crippen molar-refractivity contribution in [2.75, 3.05) is 0 Å². The minimum atomic E-state index is -1.03. The predicted molar refractivity (Wildman–Crippen MR) is 39.1 cm³/mol. The van der Waals surface area contributed by atoms with Crippen LogP contribution in [0.2, 0.25) is 0 Å². The number of hydrogen-bond acceptors (Lipinski definition) is 3. The molecule has 56 valence electrons. The van der Waals surface area contributed by atoms with Crippen LogP contribution in [0, 0.1) is 0 Å². The van der Waals surface area contributed by atoms with Gasteiger partial charge in [-0.3, -0.25) is 0 Å². The Hall–Kier alpha value is -1.71. The first-order chi connectivity index (χ1) is 5.24. The molecule has 11 heavy (non-hydrogen) atoms. The van der Waals surface area contributed by atoms with E-state index in [4.69, 9.17) is 5.11 Å². The summed E-state index contributed by atoms with van der Waals surface area (Å²) in [5.41, 5.74) is 0.0793. The Bertz CT molecular complexity index is 279. The molecule has 0 spiro atoms. The van der Waals surface area contributed by atoms with Crippen LogP contribution < -0.4 is 0 Å². The van der Waals surface area contributed by atoms with E-state index < -0.39 is 5.97 Å². The maximum atomic E-state index is 10.3. The first kappa shape index (κ1) is 7.40. The van der Waals surface area contributed by atoms with Crippen LogP contribution in [-0.4, -0.2) is 21.0 Å². The minimum Gasteiger partial charge on any atom is -0.478 e. The molecule has 0 aliphatic rings. The Morgan fingerprint density at radius 3 is 2.45 bits per heavy atom. The summed E-state index contributed by atoms with van der Waals surface area (Å²) in [5.74, 6) is -0.601. The molecule has 0 aromatic carbocycles. The smallest absolute Gasteiger partial charge is 0.338 e. The maximum absolute atomic E-state index is 10.3. The molecule has 0 unspecified atom stereocenters. The van der Waals surface area contributed by atoms with Gasteiger partial charge >= 0.3 is 5.97 Å². The van der Waals surface area contributed by atoms with Crippen molar-refractivity contribution in [3.8, 4) is 0 Å². The van der Waals surface area contributed by atoms with E-state index in [2.05, 4.69) is 16.5 Å². The molecule has 0 bridgehead atoms. The number of rotatable bonds is 2. The second-order valence-corrected chi connectivity index (χ2v) is 1.84. The van der Waals surface area contributed by atoms with Crippen molar-refractivity contribution in [1.82, 2.24) is 9.97 Å². The average Bonchev–Trinajstić information content (AvgIpc) is 2.05. The third-order valence-electron chi connectivity index (χ3n) is 1.10. The molecule has 0 saturated carbocycles. The standard InChI is InChI=1S/C7H6N2O2/c1-2-6-8-3-5(4-9-6)7(10)11/h2-4H,1H2,(H,10,11). The van der Waals surface area contributed by atoms with Gasteiger partial charge < -0.3 is 5.11 Å². The molecule has 0 atom stereocenters. The summed E-state index contributed by atoms with van der Waals surface area (Å²) in [4.78, 5) is 17.7. The van der Waals surface area contributed by atoms with Gasteiger partial charge in [0.1, 0.15) is 0 Å². The highest BCUT2D eigenvalue weighted by atomic mass is 16.4. The van der Waals surface area contributed by atoms with Gasteiger partial charge in [0.25, 0.3) is 0 Å². The summed E-state index contributed by atoms with van der Waals surface area (Å²) < 4.78 is 0. The first-order valence-electron chi connectivity index (χ1n) is 2.92. The Kier molecular flexibility index (Phi) is 1.96. The van der Waals surface area contributed by atoms with Crippen molar-refractivity contribution in [2.24, 2.45) is 0 Å². The number of aromatic nitrogens is 2. The largest absolute Gasteiger partial charge is 0.478 e. The minimum absolute atomic E-state index is 0.0793. The Labute approximate surface area is 63.2 Å². The molecule has 1 rings (SSSR count). The fraction of sp³-hybridized carbons (Fsp3) is 0. The molecule has 1 N–H and O–H groups in total. The number of carboxylic acid groups (broad SMARTS) is 1. The highest BCUT2D eigenvalue weighted by molar-refractivity contribution is 5.86. The van der Waals surface area contributed by atoms with Gasteiger partial charge in [0.05, 0.1) is 5.56 Å². The topological polar surface area (TPSA) is 63.1 Å². The molecular formula is C7H6N2O2. The van der Waals surface area contributed by atoms with E-state index in [1.165, 1.54) is 18.5 Å². The van der Waals surface area contributed by atoms with E-state index in [1.807, 2.05) is 0 Å². The van der Waals surface area contributed by atoms with Crippen LogP contribution in [0.4, 0.5) is 0 Å². The van der Waals surface area contributed by atoms with Crippen molar-refractivity contribution in [2.45, 2.75) is 0 Å². The zero-order valence-electron chi connectivity index (χ0n) is 5.69. The summed E-state index contributed by atoms with van der Waals surface area (Å²) in [6.07, 6.45) is 3.93. The Morgan fingerprint density at radius 2 is 2.09 bits per heavy atom. The molecule has 4 nitrogen and oxygen atoms in total. The van der Waals surface area contributed by atoms with Crippen LogP contribution in [-0.2, 0) is 0 Å². The van der Waals surface area contributed by atoms with E-state index in [9.17, 15) is 4.79 Å². The normalized spacial score (nSPS) is 9.09. The quantitative estimate of drug-likeness (QED) is 0.677. The average molecular weight is 150 g/mol. The van der Waals surface area contributed by atoms with Gasteiger partial charge in [-0.05, 0) is 6.08 Å². The molecule has 0 aliphatic heterocycles. The van der Waals surface area contributed by atoms with Gasteiger partial charge in [0.2, 0.25) is 0 Å². The van der Waals surface area contributed by atoms with Crippen LogP contribution in [0.1, 0.15) is 16.2 Å². The summed E-state index contributed by atoms with van der Waals surface area (Å²) in [5, 5.41) is 8.44. The Morgan fingerprint density at radius 1 is 1.55 bits per heavy atom. The molecule has 1 aromatic heterocycles. The molecular weight excluding hydrogens is 144 g/mol. The highest BCUT2D eigenvalue weighted by Crippen LogP contribution is 1.95. The zero-order valence-corrected chi connectivity index (χ0v) is 5.69. The molecule has 0 radical (unpaired) electrons. The SMILES string of the molecule is C=Cc1ncc(C(=O)O)cn1. The maximum Gasteiger partial charge on any atom is 0.338 e. The summed E-state index contributed by atoms with van der Waals surface area (Å²) >= 11 is 0. The van der Waals surface area contributed by atoms with Crippen LogP contribution >= 0.6 is 0 Å². The van der Waals surface area contributed by atoms with Crippen LogP contribution in [0.25, 0.3) is 6.08 Å². The van der Waals surface area contributed by atoms with E-state index in [-0.39, 0.29) is 5.56 Å². The third kappa shape index (κ3) is 1.61. The van der Waals surface area contributed by atoms with Crippen molar-refractivity contribution < 1.29 is 9.90 Å². The van der Waals surface area contributed by atoms with Crippen molar-refractivity contribution in [3.63, 3.8) is 0 Å². The summed E-state index contributed by atoms with van der Waals surface area (Å²) in [6.45, 7) is 3.43. The number of nitrogens with zero attached hydrogens (tertiary/aromatic N) is 2. The monoisotopic (exact) mass is 150 g/mol. The highest BCUT2D eigenvalue weighted by Gasteiger charge is 2.01. The first-order valence-corrected chi connectivity index (χ1v) is 2.92. The van der Waals surface area contributed by atoms with Gasteiger partial charge in [-0.25, -0.2) is 14.8 Å². The molecule has 0 fully saturated rings. The van der Waals surface area contributed by atoms with Crippen molar-refractivity contribution in [3.05, 3.63) is 30.4 Å². The lowest BCUT2D eigenvalue weighted by molar-refractivity contribution is 0.0696. The zero-order chi connectivity index (χ0) is 8.27. The molecule has 0 amide bonds. The number of hydrogen-bond donors (Lipinski definition) is 1. The second-order valence-electron chi connectivity index (χ2n) is 1.84. The van der Waals surface area contributed by atoms with Crippen LogP contribution in [0.5, 0.6) is 0 Å². The third-order valence-corrected chi connectivity index (χ3v) is 1.10. The van der Waals surface area contributed by atoms with Crippen LogP contribution in [0.3, 0.4) is 0 Å². The molecule has 1 aromatic rings. The van der Waals surface area contributed by atoms with E-state index in [1.54, 1.807) is 0 Å². The number of carboxylic acids is 1. The molecule has 4 heteroatoms. The van der Waals surface area contributed by atoms with Gasteiger partial charge in [-0.2, -0.15) is 0 Å². The lowest BCUT2D eigenvalue weighted by Gasteiger charge is -1.92. The lowest BCUT2D eigenvalue weighted by Crippen LogP contribution is -1.98. The van der Waals surface area contributed by atoms with Crippen LogP contribution in [0.15, 0.2) is 19.0 Å². The number of carbonyl (C=O) groups is 1. The summed E-state index contributed by atoms with van der Waals surface area (Å²) in [7, 11) is 0. The Balaban J connectivity index is 3.00. The van der Waals surface area contributed by atoms with Crippen molar-refractivity contribution >= 4 is 12.0 Å². The molecule has 0 saturated heterocycles. The second kappa shape index (κ2) is 2.92. The van der Waals surface area contributed by atoms with E-state index >= 15 is 0 Å². The van der Waals surface area contributed by atoms with E-state index in [0.29, 0.717) is 5.82 Å². The molecule has 0 aliphatic carbocycles. The van der Waals surface area contributed by atoms with Gasteiger partial charge in [-0.1, -0.05) is 6.58 Å². The predicted octanol–water partition coefficient (Wildman–Crippen LogP) is 0.818. The fourth-order valence-corrected chi connectivity index (χ4v) is 0.554.